The summed E-state index contributed by atoms with van der Waals surface area (Å²) in [5.74, 6) is 1.64. The first-order valence-electron chi connectivity index (χ1n) is 4.99. The molecule has 0 aliphatic heterocycles. The Morgan fingerprint density at radius 1 is 1.17 bits per heavy atom. The predicted octanol–water partition coefficient (Wildman–Crippen LogP) is 2.65. The summed E-state index contributed by atoms with van der Waals surface area (Å²) in [6.45, 7) is 12.5. The number of nitrogens with two attached hydrogens (primary N) is 1. The Bertz CT molecular complexity index is 164. The maximum atomic E-state index is 5.72. The summed E-state index contributed by atoms with van der Waals surface area (Å²) in [6, 6.07) is 0. The average molecular weight is 169 g/mol. The third-order valence-corrected chi connectivity index (χ3v) is 3.37. The van der Waals surface area contributed by atoms with E-state index in [9.17, 15) is 0 Å². The maximum Gasteiger partial charge on any atom is -0.00408 e. The summed E-state index contributed by atoms with van der Waals surface area (Å²) < 4.78 is 0. The van der Waals surface area contributed by atoms with E-state index in [1.165, 1.54) is 6.42 Å². The van der Waals surface area contributed by atoms with Gasteiger partial charge in [-0.05, 0) is 35.6 Å². The first-order valence-corrected chi connectivity index (χ1v) is 4.99. The van der Waals surface area contributed by atoms with Crippen molar-refractivity contribution >= 4 is 0 Å². The minimum absolute atomic E-state index is 0.464. The molecule has 12 heavy (non-hydrogen) atoms. The van der Waals surface area contributed by atoms with Crippen molar-refractivity contribution in [3.63, 3.8) is 0 Å². The fourth-order valence-electron chi connectivity index (χ4n) is 2.39. The molecule has 2 N–H and O–H groups in total. The molecule has 0 aromatic carbocycles. The minimum atomic E-state index is 0.464. The van der Waals surface area contributed by atoms with Crippen molar-refractivity contribution in [3.05, 3.63) is 0 Å². The van der Waals surface area contributed by atoms with Gasteiger partial charge in [0, 0.05) is 0 Å². The van der Waals surface area contributed by atoms with Crippen LogP contribution in [0, 0.1) is 22.7 Å². The molecule has 1 nitrogen and oxygen atoms in total. The zero-order valence-corrected chi connectivity index (χ0v) is 9.15. The van der Waals surface area contributed by atoms with Gasteiger partial charge in [0.2, 0.25) is 0 Å². The molecule has 0 unspecified atom stereocenters. The lowest BCUT2D eigenvalue weighted by molar-refractivity contribution is 0.326. The Hall–Kier alpha value is -0.0400. The molecule has 0 radical (unpaired) electrons. The van der Waals surface area contributed by atoms with Crippen LogP contribution in [0.15, 0.2) is 0 Å². The number of rotatable bonds is 2. The highest BCUT2D eigenvalue weighted by molar-refractivity contribution is 5.06. The van der Waals surface area contributed by atoms with E-state index in [1.807, 2.05) is 0 Å². The quantitative estimate of drug-likeness (QED) is 0.675. The largest absolute Gasteiger partial charge is 0.330 e. The lowest BCUT2D eigenvalue weighted by Crippen LogP contribution is -2.09. The lowest BCUT2D eigenvalue weighted by atomic mass is 9.87. The lowest BCUT2D eigenvalue weighted by Gasteiger charge is -2.18. The summed E-state index contributed by atoms with van der Waals surface area (Å²) in [4.78, 5) is 0. The minimum Gasteiger partial charge on any atom is -0.330 e. The van der Waals surface area contributed by atoms with Crippen molar-refractivity contribution in [2.24, 2.45) is 28.4 Å². The van der Waals surface area contributed by atoms with Crippen LogP contribution in [-0.2, 0) is 0 Å². The molecule has 1 aliphatic rings. The van der Waals surface area contributed by atoms with Gasteiger partial charge in [0.05, 0.1) is 0 Å². The van der Waals surface area contributed by atoms with Gasteiger partial charge >= 0.3 is 0 Å². The summed E-state index contributed by atoms with van der Waals surface area (Å²) in [6.07, 6.45) is 1.32. The summed E-state index contributed by atoms with van der Waals surface area (Å²) in [7, 11) is 0. The first kappa shape index (κ1) is 10.0. The van der Waals surface area contributed by atoms with Gasteiger partial charge < -0.3 is 5.73 Å². The third kappa shape index (κ3) is 1.82. The Kier molecular flexibility index (Phi) is 2.28. The maximum absolute atomic E-state index is 5.72. The van der Waals surface area contributed by atoms with Crippen LogP contribution in [-0.4, -0.2) is 6.54 Å². The zero-order valence-electron chi connectivity index (χ0n) is 9.15. The van der Waals surface area contributed by atoms with Crippen molar-refractivity contribution in [3.8, 4) is 0 Å². The predicted molar refractivity (Wildman–Crippen MR) is 53.9 cm³/mol. The van der Waals surface area contributed by atoms with Crippen LogP contribution in [0.2, 0.25) is 0 Å². The molecule has 2 atom stereocenters. The fraction of sp³-hybridized carbons (Fsp3) is 1.00. The van der Waals surface area contributed by atoms with Crippen molar-refractivity contribution in [2.75, 3.05) is 6.54 Å². The Morgan fingerprint density at radius 2 is 1.67 bits per heavy atom. The van der Waals surface area contributed by atoms with E-state index >= 15 is 0 Å². The highest BCUT2D eigenvalue weighted by atomic mass is 14.7. The van der Waals surface area contributed by atoms with Crippen LogP contribution in [0.3, 0.4) is 0 Å². The second-order valence-corrected chi connectivity index (χ2v) is 6.03. The summed E-state index contributed by atoms with van der Waals surface area (Å²) in [5.41, 5.74) is 6.70. The second kappa shape index (κ2) is 2.73. The molecule has 1 saturated carbocycles. The van der Waals surface area contributed by atoms with E-state index < -0.39 is 0 Å². The van der Waals surface area contributed by atoms with E-state index in [1.54, 1.807) is 0 Å². The number of hydrogen-bond donors (Lipinski definition) is 1. The zero-order chi connectivity index (χ0) is 9.57. The van der Waals surface area contributed by atoms with E-state index in [2.05, 4.69) is 34.6 Å². The van der Waals surface area contributed by atoms with Crippen molar-refractivity contribution in [1.29, 1.82) is 0 Å². The third-order valence-electron chi connectivity index (χ3n) is 3.37. The van der Waals surface area contributed by atoms with E-state index in [0.29, 0.717) is 10.8 Å². The second-order valence-electron chi connectivity index (χ2n) is 6.03. The summed E-state index contributed by atoms with van der Waals surface area (Å²) >= 11 is 0. The fourth-order valence-corrected chi connectivity index (χ4v) is 2.39. The van der Waals surface area contributed by atoms with Gasteiger partial charge in [-0.3, -0.25) is 0 Å². The van der Waals surface area contributed by atoms with Crippen LogP contribution in [0.4, 0.5) is 0 Å². The van der Waals surface area contributed by atoms with Crippen LogP contribution in [0.25, 0.3) is 0 Å². The summed E-state index contributed by atoms with van der Waals surface area (Å²) in [5, 5.41) is 0. The van der Waals surface area contributed by atoms with Gasteiger partial charge in [0.1, 0.15) is 0 Å². The average Bonchev–Trinajstić information content (AvgIpc) is 2.30. The Labute approximate surface area is 76.7 Å². The van der Waals surface area contributed by atoms with Crippen molar-refractivity contribution in [2.45, 2.75) is 41.0 Å². The first-order chi connectivity index (χ1) is 5.29. The molecule has 1 aliphatic carbocycles. The molecule has 0 aromatic heterocycles. The van der Waals surface area contributed by atoms with Gasteiger partial charge in [-0.15, -0.1) is 0 Å². The smallest absolute Gasteiger partial charge is 0.00408 e. The van der Waals surface area contributed by atoms with Gasteiger partial charge in [0.25, 0.3) is 0 Å². The van der Waals surface area contributed by atoms with Crippen LogP contribution in [0.5, 0.6) is 0 Å². The molecule has 0 heterocycles. The highest BCUT2D eigenvalue weighted by Crippen LogP contribution is 2.61. The Balaban J connectivity index is 2.48. The van der Waals surface area contributed by atoms with E-state index in [4.69, 9.17) is 5.73 Å². The van der Waals surface area contributed by atoms with Gasteiger partial charge in [-0.1, -0.05) is 34.6 Å². The molecule has 0 spiro atoms. The molecule has 0 saturated heterocycles. The molecule has 0 amide bonds. The molecular weight excluding hydrogens is 146 g/mol. The molecule has 1 rings (SSSR count). The van der Waals surface area contributed by atoms with Crippen LogP contribution >= 0.6 is 0 Å². The molecule has 0 bridgehead atoms. The normalized spacial score (nSPS) is 33.5. The van der Waals surface area contributed by atoms with Crippen LogP contribution < -0.4 is 5.73 Å². The van der Waals surface area contributed by atoms with Gasteiger partial charge in [-0.2, -0.15) is 0 Å². The van der Waals surface area contributed by atoms with Crippen LogP contribution in [0.1, 0.15) is 41.0 Å². The molecule has 0 aromatic rings. The molecule has 72 valence electrons. The highest BCUT2D eigenvalue weighted by Gasteiger charge is 2.56. The topological polar surface area (TPSA) is 26.0 Å². The number of hydrogen-bond acceptors (Lipinski definition) is 1. The van der Waals surface area contributed by atoms with E-state index in [0.717, 1.165) is 18.4 Å². The molecule has 1 heteroatoms. The standard InChI is InChI=1S/C11H23N/c1-10(2,3)6-8-9(7-12)11(8,4)5/h8-9H,6-7,12H2,1-5H3/t8-,9-/m1/s1. The van der Waals surface area contributed by atoms with Crippen molar-refractivity contribution < 1.29 is 0 Å². The molecule has 1 fully saturated rings. The monoisotopic (exact) mass is 169 g/mol. The van der Waals surface area contributed by atoms with Crippen molar-refractivity contribution in [1.82, 2.24) is 0 Å². The Morgan fingerprint density at radius 3 is 1.92 bits per heavy atom. The van der Waals surface area contributed by atoms with Gasteiger partial charge in [0.15, 0.2) is 0 Å². The molecular formula is C11H23N. The SMILES string of the molecule is CC(C)(C)C[C@@H]1[C@@H](CN)C1(C)C. The van der Waals surface area contributed by atoms with E-state index in [-0.39, 0.29) is 0 Å². The van der Waals surface area contributed by atoms with Gasteiger partial charge in [-0.25, -0.2) is 0 Å².